The first-order valence-corrected chi connectivity index (χ1v) is 8.37. The summed E-state index contributed by atoms with van der Waals surface area (Å²) in [5, 5.41) is 7.75. The van der Waals surface area contributed by atoms with E-state index in [1.165, 1.54) is 25.7 Å². The molecule has 0 radical (unpaired) electrons. The van der Waals surface area contributed by atoms with Gasteiger partial charge in [-0.3, -0.25) is 0 Å². The van der Waals surface area contributed by atoms with Gasteiger partial charge in [-0.1, -0.05) is 31.8 Å². The molecule has 5 heteroatoms. The number of hydrogen-bond acceptors (Lipinski definition) is 5. The van der Waals surface area contributed by atoms with Crippen LogP contribution in [0.4, 0.5) is 0 Å². The second-order valence-corrected chi connectivity index (χ2v) is 5.99. The van der Waals surface area contributed by atoms with Gasteiger partial charge >= 0.3 is 0 Å². The topological polar surface area (TPSA) is 60.2 Å². The third-order valence-electron chi connectivity index (χ3n) is 4.45. The minimum absolute atomic E-state index is 0.0592. The van der Waals surface area contributed by atoms with E-state index in [4.69, 9.17) is 9.26 Å². The molecule has 1 fully saturated rings. The maximum absolute atomic E-state index is 5.44. The van der Waals surface area contributed by atoms with Crippen LogP contribution in [0.15, 0.2) is 4.52 Å². The molecule has 5 nitrogen and oxygen atoms in total. The summed E-state index contributed by atoms with van der Waals surface area (Å²) in [6.45, 7) is 5.32. The summed E-state index contributed by atoms with van der Waals surface area (Å²) in [5.74, 6) is 2.16. The van der Waals surface area contributed by atoms with Crippen molar-refractivity contribution in [2.24, 2.45) is 5.92 Å². The van der Waals surface area contributed by atoms with Crippen molar-refractivity contribution in [2.75, 3.05) is 13.7 Å². The first-order valence-electron chi connectivity index (χ1n) is 8.37. The lowest BCUT2D eigenvalue weighted by atomic mass is 9.95. The molecular weight excluding hydrogens is 266 g/mol. The third kappa shape index (κ3) is 4.51. The molecule has 0 aliphatic heterocycles. The molecule has 0 saturated heterocycles. The molecule has 2 rings (SSSR count). The standard InChI is InChI=1S/C16H29N3O2/c1-4-10-17-13(12-8-6-7-9-12)11-15-18-16(19-21-15)14(5-2)20-3/h12-14,17H,4-11H2,1-3H3. The monoisotopic (exact) mass is 295 g/mol. The smallest absolute Gasteiger partial charge is 0.228 e. The van der Waals surface area contributed by atoms with Crippen LogP contribution in [-0.4, -0.2) is 29.8 Å². The van der Waals surface area contributed by atoms with Crippen LogP contribution in [0.1, 0.15) is 70.2 Å². The Bertz CT molecular complexity index is 398. The average molecular weight is 295 g/mol. The number of rotatable bonds is 9. The zero-order valence-electron chi connectivity index (χ0n) is 13.6. The summed E-state index contributed by atoms with van der Waals surface area (Å²) >= 11 is 0. The van der Waals surface area contributed by atoms with Gasteiger partial charge in [0.15, 0.2) is 0 Å². The largest absolute Gasteiger partial charge is 0.373 e. The molecule has 1 aliphatic carbocycles. The Labute approximate surface area is 127 Å². The molecule has 1 aromatic rings. The van der Waals surface area contributed by atoms with Crippen LogP contribution >= 0.6 is 0 Å². The van der Waals surface area contributed by atoms with E-state index in [2.05, 4.69) is 29.3 Å². The molecule has 0 aromatic carbocycles. The first-order chi connectivity index (χ1) is 10.3. The Morgan fingerprint density at radius 3 is 2.71 bits per heavy atom. The Balaban J connectivity index is 1.98. The maximum atomic E-state index is 5.44. The van der Waals surface area contributed by atoms with Crippen LogP contribution in [0.25, 0.3) is 0 Å². The summed E-state index contributed by atoms with van der Waals surface area (Å²) < 4.78 is 10.8. The average Bonchev–Trinajstić information content (AvgIpc) is 3.16. The normalized spacial score (nSPS) is 19.0. The molecule has 0 amide bonds. The van der Waals surface area contributed by atoms with Crippen molar-refractivity contribution >= 4 is 0 Å². The Morgan fingerprint density at radius 2 is 2.10 bits per heavy atom. The third-order valence-corrected chi connectivity index (χ3v) is 4.45. The van der Waals surface area contributed by atoms with Gasteiger partial charge in [0, 0.05) is 19.6 Å². The second-order valence-electron chi connectivity index (χ2n) is 5.99. The van der Waals surface area contributed by atoms with Crippen molar-refractivity contribution in [3.63, 3.8) is 0 Å². The van der Waals surface area contributed by atoms with Crippen LogP contribution < -0.4 is 5.32 Å². The minimum Gasteiger partial charge on any atom is -0.373 e. The predicted octanol–water partition coefficient (Wildman–Crippen LogP) is 3.27. The van der Waals surface area contributed by atoms with E-state index in [1.54, 1.807) is 7.11 Å². The summed E-state index contributed by atoms with van der Waals surface area (Å²) in [4.78, 5) is 4.53. The quantitative estimate of drug-likeness (QED) is 0.757. The molecule has 1 N–H and O–H groups in total. The van der Waals surface area contributed by atoms with E-state index < -0.39 is 0 Å². The maximum Gasteiger partial charge on any atom is 0.228 e. The second kappa shape index (κ2) is 8.49. The highest BCUT2D eigenvalue weighted by Gasteiger charge is 2.27. The van der Waals surface area contributed by atoms with Crippen LogP contribution in [0.3, 0.4) is 0 Å². The highest BCUT2D eigenvalue weighted by molar-refractivity contribution is 4.95. The van der Waals surface area contributed by atoms with Crippen LogP contribution in [-0.2, 0) is 11.2 Å². The summed E-state index contributed by atoms with van der Waals surface area (Å²) in [7, 11) is 1.69. The van der Waals surface area contributed by atoms with Gasteiger partial charge < -0.3 is 14.6 Å². The fourth-order valence-corrected chi connectivity index (χ4v) is 3.22. The van der Waals surface area contributed by atoms with Gasteiger partial charge in [0.1, 0.15) is 6.10 Å². The van der Waals surface area contributed by atoms with Gasteiger partial charge in [0.05, 0.1) is 0 Å². The van der Waals surface area contributed by atoms with Crippen molar-refractivity contribution in [3.8, 4) is 0 Å². The van der Waals surface area contributed by atoms with Crippen molar-refractivity contribution in [1.29, 1.82) is 0 Å². The summed E-state index contributed by atoms with van der Waals surface area (Å²) in [6.07, 6.45) is 8.12. The highest BCUT2D eigenvalue weighted by atomic mass is 16.5. The molecule has 21 heavy (non-hydrogen) atoms. The molecule has 2 unspecified atom stereocenters. The molecular formula is C16H29N3O2. The van der Waals surface area contributed by atoms with E-state index in [0.717, 1.165) is 37.6 Å². The lowest BCUT2D eigenvalue weighted by Gasteiger charge is -2.23. The van der Waals surface area contributed by atoms with Gasteiger partial charge in [-0.25, -0.2) is 0 Å². The van der Waals surface area contributed by atoms with Crippen LogP contribution in [0, 0.1) is 5.92 Å². The molecule has 1 saturated carbocycles. The van der Waals surface area contributed by atoms with Crippen LogP contribution in [0.5, 0.6) is 0 Å². The number of aromatic nitrogens is 2. The molecule has 2 atom stereocenters. The number of nitrogens with one attached hydrogen (secondary N) is 1. The highest BCUT2D eigenvalue weighted by Crippen LogP contribution is 2.29. The van der Waals surface area contributed by atoms with Gasteiger partial charge in [-0.05, 0) is 38.1 Å². The molecule has 0 spiro atoms. The number of ether oxygens (including phenoxy) is 1. The van der Waals surface area contributed by atoms with Gasteiger partial charge in [-0.15, -0.1) is 0 Å². The Kier molecular flexibility index (Phi) is 6.64. The Morgan fingerprint density at radius 1 is 1.33 bits per heavy atom. The predicted molar refractivity (Wildman–Crippen MR) is 82.1 cm³/mol. The number of nitrogens with zero attached hydrogens (tertiary/aromatic N) is 2. The number of hydrogen-bond donors (Lipinski definition) is 1. The summed E-state index contributed by atoms with van der Waals surface area (Å²) in [6, 6.07) is 0.461. The van der Waals surface area contributed by atoms with E-state index >= 15 is 0 Å². The van der Waals surface area contributed by atoms with E-state index in [-0.39, 0.29) is 6.10 Å². The van der Waals surface area contributed by atoms with Crippen molar-refractivity contribution in [1.82, 2.24) is 15.5 Å². The van der Waals surface area contributed by atoms with Crippen LogP contribution in [0.2, 0.25) is 0 Å². The van der Waals surface area contributed by atoms with Gasteiger partial charge in [0.25, 0.3) is 0 Å². The lowest BCUT2D eigenvalue weighted by Crippen LogP contribution is -2.37. The van der Waals surface area contributed by atoms with Crippen molar-refractivity contribution in [3.05, 3.63) is 11.7 Å². The van der Waals surface area contributed by atoms with Gasteiger partial charge in [-0.2, -0.15) is 4.98 Å². The molecule has 0 bridgehead atoms. The van der Waals surface area contributed by atoms with Crippen molar-refractivity contribution in [2.45, 2.75) is 70.9 Å². The lowest BCUT2D eigenvalue weighted by molar-refractivity contribution is 0.0903. The zero-order chi connectivity index (χ0) is 15.1. The van der Waals surface area contributed by atoms with Crippen molar-refractivity contribution < 1.29 is 9.26 Å². The number of methoxy groups -OCH3 is 1. The fraction of sp³-hybridized carbons (Fsp3) is 0.875. The zero-order valence-corrected chi connectivity index (χ0v) is 13.6. The molecule has 1 heterocycles. The molecule has 120 valence electrons. The van der Waals surface area contributed by atoms with E-state index in [9.17, 15) is 0 Å². The molecule has 1 aliphatic rings. The van der Waals surface area contributed by atoms with E-state index in [1.807, 2.05) is 0 Å². The fourth-order valence-electron chi connectivity index (χ4n) is 3.22. The SMILES string of the molecule is CCCNC(Cc1nc(C(CC)OC)no1)C1CCCC1. The first kappa shape index (κ1) is 16.4. The summed E-state index contributed by atoms with van der Waals surface area (Å²) in [5.41, 5.74) is 0. The Hall–Kier alpha value is -0.940. The minimum atomic E-state index is -0.0592. The molecule has 1 aromatic heterocycles. The van der Waals surface area contributed by atoms with Gasteiger partial charge in [0.2, 0.25) is 11.7 Å². The van der Waals surface area contributed by atoms with E-state index in [0.29, 0.717) is 11.9 Å².